The zero-order valence-corrected chi connectivity index (χ0v) is 19.0. The Balaban J connectivity index is 1.58. The molecule has 4 rings (SSSR count). The van der Waals surface area contributed by atoms with Crippen molar-refractivity contribution in [3.8, 4) is 10.4 Å². The fourth-order valence-electron chi connectivity index (χ4n) is 3.47. The summed E-state index contributed by atoms with van der Waals surface area (Å²) in [4.78, 5) is 27.5. The standard InChI is InChI=1S/C18H11B8N5O2S/c1-8-27-6-12(34-8)9-2-3-10-5-28-14(29-11(10)4-9)30-13(32)7-31-15(19,20)17(23,24)33-18(25,26)16(31,21)22/h2-6H,7H2,1H3,(H,28,29,30,32). The van der Waals surface area contributed by atoms with Gasteiger partial charge in [-0.05, 0) is 40.0 Å². The van der Waals surface area contributed by atoms with Crippen LogP contribution < -0.4 is 5.32 Å². The van der Waals surface area contributed by atoms with E-state index in [1.54, 1.807) is 23.7 Å². The van der Waals surface area contributed by atoms with E-state index in [0.717, 1.165) is 25.7 Å². The minimum Gasteiger partial charge on any atom is -0.406 e. The fraction of sp³-hybridized carbons (Fsp3) is 0.333. The lowest BCUT2D eigenvalue weighted by molar-refractivity contribution is -0.131. The maximum atomic E-state index is 12.8. The van der Waals surface area contributed by atoms with Crippen molar-refractivity contribution in [2.75, 3.05) is 11.9 Å². The van der Waals surface area contributed by atoms with E-state index in [4.69, 9.17) is 67.5 Å². The molecular weight excluding hydrogens is 437 g/mol. The first-order valence-electron chi connectivity index (χ1n) is 9.92. The molecule has 0 unspecified atom stereocenters. The zero-order valence-electron chi connectivity index (χ0n) is 18.2. The van der Waals surface area contributed by atoms with Gasteiger partial charge < -0.3 is 9.64 Å². The molecule has 1 N–H and O–H groups in total. The summed E-state index contributed by atoms with van der Waals surface area (Å²) in [6.07, 6.45) is 3.35. The molecule has 7 nitrogen and oxygen atoms in total. The molecule has 0 atom stereocenters. The van der Waals surface area contributed by atoms with Gasteiger partial charge in [-0.25, -0.2) is 15.0 Å². The number of nitrogens with zero attached hydrogens (tertiary/aromatic N) is 4. The van der Waals surface area contributed by atoms with Crippen LogP contribution in [0.3, 0.4) is 0 Å². The largest absolute Gasteiger partial charge is 0.406 e. The highest BCUT2D eigenvalue weighted by molar-refractivity contribution is 7.15. The predicted molar refractivity (Wildman–Crippen MR) is 139 cm³/mol. The van der Waals surface area contributed by atoms with Crippen LogP contribution in [0.2, 0.25) is 0 Å². The number of hydrogen-bond donors (Lipinski definition) is 1. The Hall–Kier alpha value is -1.90. The Morgan fingerprint density at radius 1 is 1.03 bits per heavy atom. The van der Waals surface area contributed by atoms with Gasteiger partial charge in [0.15, 0.2) is 0 Å². The van der Waals surface area contributed by atoms with Crippen LogP contribution in [0, 0.1) is 6.92 Å². The van der Waals surface area contributed by atoms with E-state index in [-0.39, 0.29) is 5.95 Å². The van der Waals surface area contributed by atoms with Crippen molar-refractivity contribution in [3.63, 3.8) is 0 Å². The number of ether oxygens (including phenoxy) is 1. The molecule has 0 aliphatic carbocycles. The summed E-state index contributed by atoms with van der Waals surface area (Å²) in [5.41, 5.74) is 1.53. The summed E-state index contributed by atoms with van der Waals surface area (Å²) in [7, 11) is 47.4. The molecular formula is C18H11B8N5O2S. The van der Waals surface area contributed by atoms with E-state index < -0.39 is 33.9 Å². The van der Waals surface area contributed by atoms with Crippen LogP contribution in [0.25, 0.3) is 21.3 Å². The second-order valence-electron chi connectivity index (χ2n) is 8.18. The molecule has 2 aromatic heterocycles. The van der Waals surface area contributed by atoms with Crippen molar-refractivity contribution >= 4 is 96.9 Å². The highest BCUT2D eigenvalue weighted by Gasteiger charge is 2.57. The first kappa shape index (κ1) is 25.2. The van der Waals surface area contributed by atoms with Crippen LogP contribution >= 0.6 is 11.3 Å². The second-order valence-corrected chi connectivity index (χ2v) is 9.42. The summed E-state index contributed by atoms with van der Waals surface area (Å²) < 4.78 is 5.13. The Kier molecular flexibility index (Phi) is 6.19. The van der Waals surface area contributed by atoms with E-state index in [0.29, 0.717) is 5.52 Å². The summed E-state index contributed by atoms with van der Waals surface area (Å²) in [6.45, 7) is 1.31. The van der Waals surface area contributed by atoms with Crippen molar-refractivity contribution in [1.29, 1.82) is 0 Å². The minimum atomic E-state index is -2.30. The number of fused-ring (bicyclic) bond motifs is 1. The van der Waals surface area contributed by atoms with Gasteiger partial charge in [0, 0.05) is 17.8 Å². The number of hydrogen-bond acceptors (Lipinski definition) is 7. The molecule has 1 saturated heterocycles. The lowest BCUT2D eigenvalue weighted by atomic mass is 9.30. The van der Waals surface area contributed by atoms with Crippen molar-refractivity contribution in [1.82, 2.24) is 19.9 Å². The first-order chi connectivity index (χ1) is 15.6. The lowest BCUT2D eigenvalue weighted by Crippen LogP contribution is -2.86. The van der Waals surface area contributed by atoms with Gasteiger partial charge in [-0.15, -0.1) is 11.3 Å². The molecule has 1 aliphatic rings. The predicted octanol–water partition coefficient (Wildman–Crippen LogP) is -1.70. The van der Waals surface area contributed by atoms with Crippen LogP contribution in [0.5, 0.6) is 0 Å². The summed E-state index contributed by atoms with van der Waals surface area (Å²) in [5, 5.41) is -4.82. The number of benzene rings is 1. The van der Waals surface area contributed by atoms with Gasteiger partial charge in [-0.2, -0.15) is 0 Å². The third-order valence-electron chi connectivity index (χ3n) is 5.52. The number of amides is 1. The lowest BCUT2D eigenvalue weighted by Gasteiger charge is -2.69. The minimum absolute atomic E-state index is 0.0150. The number of thiazole rings is 1. The number of carbonyl (C=O) groups is 1. The van der Waals surface area contributed by atoms with E-state index in [1.165, 1.54) is 0 Å². The number of morpholine rings is 1. The van der Waals surface area contributed by atoms with Crippen LogP contribution in [0.15, 0.2) is 30.6 Å². The molecule has 0 bridgehead atoms. The molecule has 3 aromatic rings. The SMILES string of the molecule is [B]C1([B])OC([B])([B])C([B])([B])N(CC(=O)Nc2ncc3ccc(-c4cnc(C)s4)cc3n2)C1([B])[B]. The van der Waals surface area contributed by atoms with Crippen LogP contribution in [0.4, 0.5) is 5.95 Å². The highest BCUT2D eigenvalue weighted by Crippen LogP contribution is 2.39. The van der Waals surface area contributed by atoms with Crippen LogP contribution in [-0.2, 0) is 9.53 Å². The average Bonchev–Trinajstić information content (AvgIpc) is 3.16. The van der Waals surface area contributed by atoms with E-state index >= 15 is 0 Å². The molecule has 0 spiro atoms. The highest BCUT2D eigenvalue weighted by atomic mass is 32.1. The summed E-state index contributed by atoms with van der Waals surface area (Å²) >= 11 is 1.55. The molecule has 1 aliphatic heterocycles. The van der Waals surface area contributed by atoms with Crippen molar-refractivity contribution < 1.29 is 9.53 Å². The van der Waals surface area contributed by atoms with Gasteiger partial charge in [0.1, 0.15) is 0 Å². The van der Waals surface area contributed by atoms with E-state index in [1.807, 2.05) is 25.1 Å². The van der Waals surface area contributed by atoms with Gasteiger partial charge >= 0.3 is 0 Å². The monoisotopic (exact) mass is 449 g/mol. The molecule has 1 fully saturated rings. The molecule has 1 amide bonds. The van der Waals surface area contributed by atoms with Gasteiger partial charge in [0.05, 0.1) is 84.7 Å². The van der Waals surface area contributed by atoms with E-state index in [9.17, 15) is 4.79 Å². The average molecular weight is 448 g/mol. The van der Waals surface area contributed by atoms with Crippen molar-refractivity contribution in [2.24, 2.45) is 0 Å². The third kappa shape index (κ3) is 4.29. The molecule has 1 aromatic carbocycles. The van der Waals surface area contributed by atoms with Crippen molar-refractivity contribution in [2.45, 2.75) is 28.4 Å². The number of aryl methyl sites for hydroxylation is 1. The molecule has 16 radical (unpaired) electrons. The first-order valence-corrected chi connectivity index (χ1v) is 10.7. The second kappa shape index (κ2) is 8.35. The Morgan fingerprint density at radius 2 is 1.68 bits per heavy atom. The topological polar surface area (TPSA) is 80.2 Å². The van der Waals surface area contributed by atoms with Gasteiger partial charge in [0.2, 0.25) is 11.9 Å². The van der Waals surface area contributed by atoms with Gasteiger partial charge in [-0.1, -0.05) is 12.1 Å². The molecule has 3 heterocycles. The smallest absolute Gasteiger partial charge is 0.240 e. The quantitative estimate of drug-likeness (QED) is 0.480. The third-order valence-corrected chi connectivity index (χ3v) is 6.49. The van der Waals surface area contributed by atoms with Gasteiger partial charge in [-0.3, -0.25) is 10.1 Å². The molecule has 16 heteroatoms. The molecule has 150 valence electrons. The Morgan fingerprint density at radius 3 is 2.26 bits per heavy atom. The number of rotatable bonds is 4. The summed E-state index contributed by atoms with van der Waals surface area (Å²) in [5.74, 6) is -0.677. The maximum absolute atomic E-state index is 12.8. The number of carbonyl (C=O) groups excluding carboxylic acids is 1. The van der Waals surface area contributed by atoms with Crippen molar-refractivity contribution in [3.05, 3.63) is 35.6 Å². The molecule has 34 heavy (non-hydrogen) atoms. The summed E-state index contributed by atoms with van der Waals surface area (Å²) in [6, 6.07) is 5.68. The van der Waals surface area contributed by atoms with Crippen LogP contribution in [-0.4, -0.2) is 117 Å². The number of nitrogens with one attached hydrogen (secondary N) is 1. The number of anilines is 1. The van der Waals surface area contributed by atoms with Crippen LogP contribution in [0.1, 0.15) is 5.01 Å². The molecule has 0 saturated carbocycles. The normalized spacial score (nSPS) is 20.6. The number of aromatic nitrogens is 3. The Bertz CT molecular complexity index is 1240. The maximum Gasteiger partial charge on any atom is 0.240 e. The van der Waals surface area contributed by atoms with E-state index in [2.05, 4.69) is 20.3 Å². The van der Waals surface area contributed by atoms with Gasteiger partial charge in [0.25, 0.3) is 0 Å². The Labute approximate surface area is 212 Å². The zero-order chi connectivity index (χ0) is 25.1. The fourth-order valence-corrected chi connectivity index (χ4v) is 4.25.